The summed E-state index contributed by atoms with van der Waals surface area (Å²) in [6.07, 6.45) is 0. The van der Waals surface area contributed by atoms with Crippen LogP contribution in [0.3, 0.4) is 0 Å². The average Bonchev–Trinajstić information content (AvgIpc) is 2.60. The molecule has 0 atom stereocenters. The van der Waals surface area contributed by atoms with Crippen LogP contribution in [0, 0.1) is 0 Å². The largest absolute Gasteiger partial charge is 0.488 e. The maximum Gasteiger partial charge on any atom is 0.488 e. The van der Waals surface area contributed by atoms with Crippen LogP contribution in [0.15, 0.2) is 42.5 Å². The van der Waals surface area contributed by atoms with Gasteiger partial charge in [-0.1, -0.05) is 42.5 Å². The fraction of sp³-hybridized carbons (Fsp3) is 0.250. The summed E-state index contributed by atoms with van der Waals surface area (Å²) >= 11 is 0. The summed E-state index contributed by atoms with van der Waals surface area (Å²) < 4.78 is 115. The number of rotatable bonds is 1. The summed E-state index contributed by atoms with van der Waals surface area (Å²) in [7, 11) is -2.88. The fourth-order valence-corrected chi connectivity index (χ4v) is 2.86. The van der Waals surface area contributed by atoms with Gasteiger partial charge in [0.1, 0.15) is 0 Å². The first-order valence-electron chi connectivity index (χ1n) is 7.38. The molecule has 0 aromatic heterocycles. The van der Waals surface area contributed by atoms with Gasteiger partial charge in [-0.15, -0.1) is 0 Å². The normalized spacial score (nSPS) is 21.4. The van der Waals surface area contributed by atoms with Gasteiger partial charge in [0, 0.05) is 22.3 Å². The standard InChI is InChI=1S/C16H9BF8O2/c18-13(19)8-1-3-9(4-2-8)14(20,21)16(24,25)11-6-5-10(15(13,22)23)7-12(11)17(26)27/h1-7,26-27H. The second-order valence-electron chi connectivity index (χ2n) is 6.05. The van der Waals surface area contributed by atoms with E-state index in [0.717, 1.165) is 0 Å². The smallest absolute Gasteiger partial charge is 0.423 e. The molecule has 0 fully saturated rings. The van der Waals surface area contributed by atoms with Crippen LogP contribution in [0.1, 0.15) is 22.3 Å². The van der Waals surface area contributed by atoms with Crippen LogP contribution < -0.4 is 5.46 Å². The lowest BCUT2D eigenvalue weighted by Crippen LogP contribution is -2.45. The molecule has 0 saturated heterocycles. The van der Waals surface area contributed by atoms with Crippen LogP contribution >= 0.6 is 0 Å². The van der Waals surface area contributed by atoms with E-state index < -0.39 is 58.5 Å². The van der Waals surface area contributed by atoms with E-state index >= 15 is 0 Å². The Hall–Kier alpha value is -2.14. The number of hydrogen-bond donors (Lipinski definition) is 2. The predicted octanol–water partition coefficient (Wildman–Crippen LogP) is 3.45. The Labute approximate surface area is 147 Å². The van der Waals surface area contributed by atoms with Gasteiger partial charge in [-0.05, 0) is 5.46 Å². The number of benzene rings is 2. The highest BCUT2D eigenvalue weighted by atomic mass is 19.3. The van der Waals surface area contributed by atoms with Gasteiger partial charge in [0.15, 0.2) is 0 Å². The van der Waals surface area contributed by atoms with Gasteiger partial charge in [-0.3, -0.25) is 0 Å². The maximum absolute atomic E-state index is 14.5. The molecule has 2 aromatic carbocycles. The monoisotopic (exact) mass is 396 g/mol. The molecule has 0 amide bonds. The third-order valence-electron chi connectivity index (χ3n) is 4.43. The van der Waals surface area contributed by atoms with Crippen molar-refractivity contribution in [2.45, 2.75) is 23.7 Å². The van der Waals surface area contributed by atoms with Crippen LogP contribution in [0.4, 0.5) is 35.1 Å². The topological polar surface area (TPSA) is 40.5 Å². The van der Waals surface area contributed by atoms with Crippen molar-refractivity contribution in [2.24, 2.45) is 0 Å². The first-order chi connectivity index (χ1) is 12.2. The molecule has 144 valence electrons. The van der Waals surface area contributed by atoms with E-state index in [1.54, 1.807) is 0 Å². The van der Waals surface area contributed by atoms with Gasteiger partial charge in [0.05, 0.1) is 0 Å². The highest BCUT2D eigenvalue weighted by Gasteiger charge is 2.62. The van der Waals surface area contributed by atoms with E-state index in [1.165, 1.54) is 0 Å². The van der Waals surface area contributed by atoms with Crippen molar-refractivity contribution in [3.05, 3.63) is 64.7 Å². The molecule has 2 aromatic rings. The predicted molar refractivity (Wildman–Crippen MR) is 78.3 cm³/mol. The van der Waals surface area contributed by atoms with E-state index in [-0.39, 0.29) is 42.5 Å². The van der Waals surface area contributed by atoms with Crippen LogP contribution in [0.2, 0.25) is 0 Å². The van der Waals surface area contributed by atoms with E-state index in [1.807, 2.05) is 0 Å². The molecule has 4 bridgehead atoms. The molecular formula is C16H9BF8O2. The van der Waals surface area contributed by atoms with Crippen LogP contribution in [0.25, 0.3) is 0 Å². The first-order valence-corrected chi connectivity index (χ1v) is 7.38. The molecule has 0 spiro atoms. The molecule has 4 aliphatic carbocycles. The van der Waals surface area contributed by atoms with Gasteiger partial charge in [-0.2, -0.15) is 35.1 Å². The lowest BCUT2D eigenvalue weighted by atomic mass is 9.72. The highest BCUT2D eigenvalue weighted by molar-refractivity contribution is 6.59. The van der Waals surface area contributed by atoms with Crippen LogP contribution in [-0.2, 0) is 23.7 Å². The molecular weight excluding hydrogens is 387 g/mol. The Morgan fingerprint density at radius 1 is 0.556 bits per heavy atom. The molecule has 27 heavy (non-hydrogen) atoms. The van der Waals surface area contributed by atoms with Gasteiger partial charge < -0.3 is 10.0 Å². The summed E-state index contributed by atoms with van der Waals surface area (Å²) in [6, 6.07) is 1.02. The molecule has 2 N–H and O–H groups in total. The molecule has 11 heteroatoms. The fourth-order valence-electron chi connectivity index (χ4n) is 2.86. The lowest BCUT2D eigenvalue weighted by molar-refractivity contribution is -0.227. The minimum atomic E-state index is -5.05. The molecule has 0 aliphatic heterocycles. The quantitative estimate of drug-likeness (QED) is 0.573. The molecule has 0 saturated carbocycles. The van der Waals surface area contributed by atoms with Crippen molar-refractivity contribution in [2.75, 3.05) is 0 Å². The van der Waals surface area contributed by atoms with Crippen LogP contribution in [0.5, 0.6) is 0 Å². The molecule has 4 aliphatic rings. The average molecular weight is 396 g/mol. The minimum absolute atomic E-state index is 0.0359. The van der Waals surface area contributed by atoms with Crippen molar-refractivity contribution in [3.8, 4) is 0 Å². The zero-order valence-electron chi connectivity index (χ0n) is 13.0. The Morgan fingerprint density at radius 2 is 0.926 bits per heavy atom. The van der Waals surface area contributed by atoms with E-state index in [0.29, 0.717) is 0 Å². The Bertz CT molecular complexity index is 880. The lowest BCUT2D eigenvalue weighted by Gasteiger charge is -2.32. The Morgan fingerprint density at radius 3 is 1.37 bits per heavy atom. The third kappa shape index (κ3) is 2.55. The first kappa shape index (κ1) is 19.6. The Balaban J connectivity index is 2.44. The summed E-state index contributed by atoms with van der Waals surface area (Å²) in [5, 5.41) is 18.4. The van der Waals surface area contributed by atoms with Gasteiger partial charge >= 0.3 is 30.8 Å². The highest BCUT2D eigenvalue weighted by Crippen LogP contribution is 2.53. The summed E-state index contributed by atoms with van der Waals surface area (Å²) in [5.74, 6) is -19.8. The molecule has 2 nitrogen and oxygen atoms in total. The zero-order chi connectivity index (χ0) is 20.4. The van der Waals surface area contributed by atoms with Gasteiger partial charge in [0.25, 0.3) is 0 Å². The maximum atomic E-state index is 14.5. The number of hydrogen-bond acceptors (Lipinski definition) is 2. The molecule has 0 radical (unpaired) electrons. The van der Waals surface area contributed by atoms with Gasteiger partial charge in [0.2, 0.25) is 0 Å². The third-order valence-corrected chi connectivity index (χ3v) is 4.43. The Kier molecular flexibility index (Phi) is 4.13. The molecule has 0 unspecified atom stereocenters. The van der Waals surface area contributed by atoms with Crippen LogP contribution in [-0.4, -0.2) is 17.2 Å². The summed E-state index contributed by atoms with van der Waals surface area (Å²) in [4.78, 5) is 0. The van der Waals surface area contributed by atoms with Crippen molar-refractivity contribution >= 4 is 12.6 Å². The van der Waals surface area contributed by atoms with E-state index in [2.05, 4.69) is 0 Å². The number of alkyl halides is 8. The summed E-state index contributed by atoms with van der Waals surface area (Å²) in [5.41, 5.74) is -7.41. The SMILES string of the molecule is OB(O)c1cc2ccc1C(F)(F)C(F)(F)c1ccc(cc1)C(F)(F)C2(F)F. The van der Waals surface area contributed by atoms with Crippen molar-refractivity contribution < 1.29 is 45.2 Å². The van der Waals surface area contributed by atoms with Crippen molar-refractivity contribution in [1.29, 1.82) is 0 Å². The number of halogens is 8. The zero-order valence-corrected chi connectivity index (χ0v) is 13.0. The minimum Gasteiger partial charge on any atom is -0.423 e. The second kappa shape index (κ2) is 5.68. The van der Waals surface area contributed by atoms with Crippen molar-refractivity contribution in [1.82, 2.24) is 0 Å². The molecule has 0 heterocycles. The van der Waals surface area contributed by atoms with Gasteiger partial charge in [-0.25, -0.2) is 0 Å². The second-order valence-corrected chi connectivity index (χ2v) is 6.05. The van der Waals surface area contributed by atoms with E-state index in [9.17, 15) is 45.2 Å². The van der Waals surface area contributed by atoms with Crippen molar-refractivity contribution in [3.63, 3.8) is 0 Å². The summed E-state index contributed by atoms with van der Waals surface area (Å²) in [6.45, 7) is 0. The van der Waals surface area contributed by atoms with E-state index in [4.69, 9.17) is 0 Å². The molecule has 6 rings (SSSR count).